The third kappa shape index (κ3) is 4.23. The number of benzene rings is 1. The SMILES string of the molecule is C=CCN(C(=O)C1N(CCCCCO)C(=O)[C@@H]2[C@@H](C(=O)O)[C@@H]3SC12CC3Br)c1c(C)cccc1C. The number of rotatable bonds is 10. The molecule has 0 saturated carbocycles. The van der Waals surface area contributed by atoms with E-state index >= 15 is 0 Å². The van der Waals surface area contributed by atoms with Crippen molar-refractivity contribution in [1.82, 2.24) is 4.90 Å². The molecule has 7 nitrogen and oxygen atoms in total. The second kappa shape index (κ2) is 10.3. The summed E-state index contributed by atoms with van der Waals surface area (Å²) in [6.07, 6.45) is 4.26. The van der Waals surface area contributed by atoms with Crippen molar-refractivity contribution in [3.05, 3.63) is 42.0 Å². The number of hydrogen-bond acceptors (Lipinski definition) is 5. The lowest BCUT2D eigenvalue weighted by Crippen LogP contribution is -2.55. The number of carbonyl (C=O) groups is 3. The zero-order chi connectivity index (χ0) is 25.5. The largest absolute Gasteiger partial charge is 0.481 e. The summed E-state index contributed by atoms with van der Waals surface area (Å²) < 4.78 is -0.789. The lowest BCUT2D eigenvalue weighted by molar-refractivity contribution is -0.148. The van der Waals surface area contributed by atoms with E-state index in [0.29, 0.717) is 32.4 Å². The molecule has 2 bridgehead atoms. The van der Waals surface area contributed by atoms with Crippen LogP contribution in [0.15, 0.2) is 30.9 Å². The Morgan fingerprint density at radius 3 is 2.57 bits per heavy atom. The van der Waals surface area contributed by atoms with E-state index in [1.54, 1.807) is 15.9 Å². The molecule has 9 heteroatoms. The number of amides is 2. The van der Waals surface area contributed by atoms with Crippen LogP contribution in [0.3, 0.4) is 0 Å². The summed E-state index contributed by atoms with van der Waals surface area (Å²) in [7, 11) is 0. The van der Waals surface area contributed by atoms with Crippen molar-refractivity contribution >= 4 is 51.2 Å². The first-order valence-electron chi connectivity index (χ1n) is 12.1. The predicted octanol–water partition coefficient (Wildman–Crippen LogP) is 3.53. The van der Waals surface area contributed by atoms with Crippen molar-refractivity contribution < 1.29 is 24.6 Å². The molecule has 190 valence electrons. The van der Waals surface area contributed by atoms with E-state index in [1.807, 2.05) is 32.0 Å². The highest BCUT2D eigenvalue weighted by molar-refractivity contribution is 9.09. The fourth-order valence-electron chi connectivity index (χ4n) is 6.30. The van der Waals surface area contributed by atoms with E-state index in [4.69, 9.17) is 0 Å². The minimum atomic E-state index is -0.974. The third-order valence-electron chi connectivity index (χ3n) is 7.65. The maximum atomic E-state index is 14.5. The average Bonchev–Trinajstić information content (AvgIpc) is 3.39. The Morgan fingerprint density at radius 2 is 1.97 bits per heavy atom. The second-order valence-electron chi connectivity index (χ2n) is 9.80. The van der Waals surface area contributed by atoms with Gasteiger partial charge in [0, 0.05) is 35.5 Å². The van der Waals surface area contributed by atoms with Gasteiger partial charge in [0.05, 0.1) is 16.6 Å². The van der Waals surface area contributed by atoms with Gasteiger partial charge in [0.15, 0.2) is 0 Å². The van der Waals surface area contributed by atoms with Crippen molar-refractivity contribution in [2.45, 2.75) is 60.4 Å². The monoisotopic (exact) mass is 564 g/mol. The number of aryl methyl sites for hydroxylation is 2. The maximum absolute atomic E-state index is 14.5. The number of alkyl halides is 1. The number of fused-ring (bicyclic) bond motifs is 1. The first kappa shape index (κ1) is 26.2. The molecule has 2 N–H and O–H groups in total. The Balaban J connectivity index is 1.79. The Hall–Kier alpha value is -1.84. The van der Waals surface area contributed by atoms with Crippen LogP contribution in [-0.2, 0) is 14.4 Å². The number of aliphatic hydroxyl groups is 1. The first-order chi connectivity index (χ1) is 16.7. The van der Waals surface area contributed by atoms with Crippen molar-refractivity contribution in [2.24, 2.45) is 11.8 Å². The number of para-hydroxylation sites is 1. The van der Waals surface area contributed by atoms with Gasteiger partial charge in [-0.25, -0.2) is 0 Å². The van der Waals surface area contributed by atoms with Gasteiger partial charge in [0.2, 0.25) is 5.91 Å². The van der Waals surface area contributed by atoms with E-state index < -0.39 is 28.6 Å². The molecular weight excluding hydrogens is 532 g/mol. The smallest absolute Gasteiger partial charge is 0.308 e. The summed E-state index contributed by atoms with van der Waals surface area (Å²) in [6.45, 7) is 8.53. The standard InChI is InChI=1S/C26H33BrN2O5S/c1-4-11-28(20-15(2)9-8-10-16(20)3)24(32)22-26-14-17(27)21(35-26)18(25(33)34)19(26)23(31)29(22)12-6-5-7-13-30/h4,8-10,17-19,21-22,30H,1,5-7,11-14H2,2-3H3,(H,33,34)/t17?,18-,19+,21-,22?,26?/m1/s1. The van der Waals surface area contributed by atoms with Crippen LogP contribution in [-0.4, -0.2) is 73.5 Å². The van der Waals surface area contributed by atoms with Gasteiger partial charge in [0.1, 0.15) is 6.04 Å². The predicted molar refractivity (Wildman–Crippen MR) is 141 cm³/mol. The molecule has 3 fully saturated rings. The summed E-state index contributed by atoms with van der Waals surface area (Å²) in [4.78, 5) is 43.9. The number of hydrogen-bond donors (Lipinski definition) is 2. The zero-order valence-corrected chi connectivity index (χ0v) is 22.6. The van der Waals surface area contributed by atoms with Gasteiger partial charge in [-0.05, 0) is 50.7 Å². The van der Waals surface area contributed by atoms with Gasteiger partial charge in [-0.2, -0.15) is 0 Å². The normalized spacial score (nSPS) is 31.0. The molecule has 1 aromatic carbocycles. The van der Waals surface area contributed by atoms with Crippen LogP contribution in [0.2, 0.25) is 0 Å². The topological polar surface area (TPSA) is 98.2 Å². The minimum Gasteiger partial charge on any atom is -0.481 e. The number of carboxylic acid groups (broad SMARTS) is 1. The number of aliphatic carboxylic acids is 1. The molecular formula is C26H33BrN2O5S. The number of likely N-dealkylation sites (tertiary alicyclic amines) is 1. The summed E-state index contributed by atoms with van der Waals surface area (Å²) in [6, 6.07) is 5.12. The van der Waals surface area contributed by atoms with Crippen molar-refractivity contribution in [2.75, 3.05) is 24.6 Å². The van der Waals surface area contributed by atoms with E-state index in [2.05, 4.69) is 22.5 Å². The number of nitrogens with zero attached hydrogens (tertiary/aromatic N) is 2. The van der Waals surface area contributed by atoms with Gasteiger partial charge in [-0.3, -0.25) is 14.4 Å². The molecule has 3 aliphatic heterocycles. The van der Waals surface area contributed by atoms with Crippen LogP contribution in [0.4, 0.5) is 5.69 Å². The van der Waals surface area contributed by atoms with Crippen molar-refractivity contribution in [3.8, 4) is 0 Å². The summed E-state index contributed by atoms with van der Waals surface area (Å²) in [5.74, 6) is -2.93. The first-order valence-corrected chi connectivity index (χ1v) is 13.9. The molecule has 3 aliphatic rings. The molecule has 3 heterocycles. The van der Waals surface area contributed by atoms with Crippen LogP contribution in [0.1, 0.15) is 36.8 Å². The fourth-order valence-corrected chi connectivity index (χ4v) is 9.90. The molecule has 4 rings (SSSR count). The number of unbranched alkanes of at least 4 members (excludes halogenated alkanes) is 2. The highest BCUT2D eigenvalue weighted by atomic mass is 79.9. The highest BCUT2D eigenvalue weighted by Gasteiger charge is 2.76. The average molecular weight is 566 g/mol. The molecule has 35 heavy (non-hydrogen) atoms. The van der Waals surface area contributed by atoms with Crippen LogP contribution in [0.25, 0.3) is 0 Å². The lowest BCUT2D eigenvalue weighted by Gasteiger charge is -2.38. The van der Waals surface area contributed by atoms with Gasteiger partial charge >= 0.3 is 5.97 Å². The van der Waals surface area contributed by atoms with E-state index in [-0.39, 0.29) is 28.5 Å². The highest BCUT2D eigenvalue weighted by Crippen LogP contribution is 2.67. The minimum absolute atomic E-state index is 0.0738. The molecule has 1 spiro atoms. The van der Waals surface area contributed by atoms with Crippen LogP contribution in [0, 0.1) is 25.7 Å². The Bertz CT molecular complexity index is 1010. The number of carboxylic acids is 1. The molecule has 1 aromatic rings. The Labute approximate surface area is 219 Å². The Morgan fingerprint density at radius 1 is 1.29 bits per heavy atom. The zero-order valence-electron chi connectivity index (χ0n) is 20.2. The maximum Gasteiger partial charge on any atom is 0.308 e. The lowest BCUT2D eigenvalue weighted by atomic mass is 9.71. The summed E-state index contributed by atoms with van der Waals surface area (Å²) >= 11 is 5.20. The van der Waals surface area contributed by atoms with Gasteiger partial charge in [-0.1, -0.05) is 40.2 Å². The number of aliphatic hydroxyl groups excluding tert-OH is 1. The molecule has 6 atom stereocenters. The van der Waals surface area contributed by atoms with Crippen LogP contribution in [0.5, 0.6) is 0 Å². The molecule has 0 aliphatic carbocycles. The molecule has 3 unspecified atom stereocenters. The summed E-state index contributed by atoms with van der Waals surface area (Å²) in [5.41, 5.74) is 2.73. The Kier molecular flexibility index (Phi) is 7.69. The van der Waals surface area contributed by atoms with Gasteiger partial charge in [-0.15, -0.1) is 18.3 Å². The number of carbonyl (C=O) groups excluding carboxylic acids is 2. The molecule has 0 aromatic heterocycles. The number of thioether (sulfide) groups is 1. The van der Waals surface area contributed by atoms with E-state index in [9.17, 15) is 24.6 Å². The summed E-state index contributed by atoms with van der Waals surface area (Å²) in [5, 5.41) is 19.0. The van der Waals surface area contributed by atoms with Crippen molar-refractivity contribution in [3.63, 3.8) is 0 Å². The van der Waals surface area contributed by atoms with Crippen molar-refractivity contribution in [1.29, 1.82) is 0 Å². The van der Waals surface area contributed by atoms with Crippen LogP contribution < -0.4 is 4.90 Å². The van der Waals surface area contributed by atoms with Crippen LogP contribution >= 0.6 is 27.7 Å². The van der Waals surface area contributed by atoms with Gasteiger partial charge < -0.3 is 20.0 Å². The number of anilines is 1. The fraction of sp³-hybridized carbons (Fsp3) is 0.577. The quantitative estimate of drug-likeness (QED) is 0.256. The second-order valence-corrected chi connectivity index (χ2v) is 12.5. The molecule has 3 saturated heterocycles. The third-order valence-corrected chi connectivity index (χ3v) is 10.9. The van der Waals surface area contributed by atoms with E-state index in [1.165, 1.54) is 11.8 Å². The number of halogens is 1. The molecule has 0 radical (unpaired) electrons. The van der Waals surface area contributed by atoms with Gasteiger partial charge in [0.25, 0.3) is 5.91 Å². The molecule has 2 amide bonds. The van der Waals surface area contributed by atoms with E-state index in [0.717, 1.165) is 23.2 Å².